The number of hydrogen-bond donors (Lipinski definition) is 3. The number of H-pyrrole nitrogens is 1. The van der Waals surface area contributed by atoms with Gasteiger partial charge in [-0.15, -0.1) is 0 Å². The van der Waals surface area contributed by atoms with Gasteiger partial charge >= 0.3 is 0 Å². The molecule has 0 fully saturated rings. The number of aromatic nitrogens is 2. The van der Waals surface area contributed by atoms with Crippen molar-refractivity contribution in [3.63, 3.8) is 0 Å². The van der Waals surface area contributed by atoms with Crippen molar-refractivity contribution in [3.8, 4) is 0 Å². The zero-order chi connectivity index (χ0) is 15.4. The van der Waals surface area contributed by atoms with E-state index in [1.165, 1.54) is 5.56 Å². The quantitative estimate of drug-likeness (QED) is 0.790. The van der Waals surface area contributed by atoms with Gasteiger partial charge in [-0.2, -0.15) is 5.10 Å². The summed E-state index contributed by atoms with van der Waals surface area (Å²) in [5, 5.41) is 13.5. The summed E-state index contributed by atoms with van der Waals surface area (Å²) < 4.78 is 0. The Kier molecular flexibility index (Phi) is 4.62. The van der Waals surface area contributed by atoms with Gasteiger partial charge in [-0.25, -0.2) is 0 Å². The Morgan fingerprint density at radius 3 is 2.57 bits per heavy atom. The molecule has 1 heterocycles. The minimum atomic E-state index is 0.0248. The Bertz CT molecular complexity index is 626. The van der Waals surface area contributed by atoms with Gasteiger partial charge in [0.1, 0.15) is 0 Å². The summed E-state index contributed by atoms with van der Waals surface area (Å²) in [6, 6.07) is 5.87. The zero-order valence-corrected chi connectivity index (χ0v) is 13.0. The van der Waals surface area contributed by atoms with Crippen molar-refractivity contribution in [2.45, 2.75) is 40.7 Å². The molecule has 3 N–H and O–H groups in total. The van der Waals surface area contributed by atoms with Crippen molar-refractivity contribution in [1.82, 2.24) is 10.2 Å². The molecule has 0 bridgehead atoms. The molecule has 5 nitrogen and oxygen atoms in total. The standard InChI is InChI=1S/C16H22N4O/c1-5-16(21)18-15-8-6-7-14(10(15)2)17-9-13-11(3)19-20-12(13)4/h6-8,17H,5,9H2,1-4H3,(H,18,21)(H,19,20). The SMILES string of the molecule is CCC(=O)Nc1cccc(NCc2c(C)n[nH]c2C)c1C. The highest BCUT2D eigenvalue weighted by molar-refractivity contribution is 5.92. The van der Waals surface area contributed by atoms with E-state index in [1.807, 2.05) is 45.9 Å². The maximum atomic E-state index is 11.5. The van der Waals surface area contributed by atoms with Gasteiger partial charge in [-0.05, 0) is 38.5 Å². The molecule has 0 aliphatic heterocycles. The van der Waals surface area contributed by atoms with E-state index in [9.17, 15) is 4.79 Å². The van der Waals surface area contributed by atoms with Gasteiger partial charge in [-0.3, -0.25) is 9.89 Å². The van der Waals surface area contributed by atoms with Crippen LogP contribution in [-0.4, -0.2) is 16.1 Å². The molecule has 1 amide bonds. The fourth-order valence-corrected chi connectivity index (χ4v) is 2.22. The molecule has 0 aliphatic carbocycles. The van der Waals surface area contributed by atoms with E-state index in [1.54, 1.807) is 0 Å². The van der Waals surface area contributed by atoms with E-state index in [2.05, 4.69) is 20.8 Å². The number of carbonyl (C=O) groups excluding carboxylic acids is 1. The third kappa shape index (κ3) is 3.42. The predicted octanol–water partition coefficient (Wildman–Crippen LogP) is 3.30. The van der Waals surface area contributed by atoms with Gasteiger partial charge < -0.3 is 10.6 Å². The zero-order valence-electron chi connectivity index (χ0n) is 13.0. The highest BCUT2D eigenvalue weighted by Gasteiger charge is 2.09. The van der Waals surface area contributed by atoms with Gasteiger partial charge in [-0.1, -0.05) is 13.0 Å². The molecule has 1 aromatic carbocycles. The lowest BCUT2D eigenvalue weighted by Gasteiger charge is -2.14. The third-order valence-electron chi connectivity index (χ3n) is 3.67. The second kappa shape index (κ2) is 6.43. The van der Waals surface area contributed by atoms with Gasteiger partial charge in [0.05, 0.1) is 5.69 Å². The van der Waals surface area contributed by atoms with Crippen LogP contribution in [0.25, 0.3) is 0 Å². The predicted molar refractivity (Wildman–Crippen MR) is 85.5 cm³/mol. The molecule has 0 spiro atoms. The van der Waals surface area contributed by atoms with Crippen LogP contribution in [0.1, 0.15) is 35.9 Å². The smallest absolute Gasteiger partial charge is 0.224 e. The minimum absolute atomic E-state index is 0.0248. The van der Waals surface area contributed by atoms with E-state index in [0.29, 0.717) is 13.0 Å². The summed E-state index contributed by atoms with van der Waals surface area (Å²) in [5.74, 6) is 0.0248. The number of aromatic amines is 1. The van der Waals surface area contributed by atoms with Crippen LogP contribution in [0.4, 0.5) is 11.4 Å². The largest absolute Gasteiger partial charge is 0.381 e. The second-order valence-corrected chi connectivity index (χ2v) is 5.15. The second-order valence-electron chi connectivity index (χ2n) is 5.15. The van der Waals surface area contributed by atoms with Crippen LogP contribution < -0.4 is 10.6 Å². The molecule has 2 rings (SSSR count). The topological polar surface area (TPSA) is 69.8 Å². The van der Waals surface area contributed by atoms with E-state index in [4.69, 9.17) is 0 Å². The van der Waals surface area contributed by atoms with Crippen LogP contribution in [0.3, 0.4) is 0 Å². The fraction of sp³-hybridized carbons (Fsp3) is 0.375. The van der Waals surface area contributed by atoms with Gasteiger partial charge in [0.15, 0.2) is 0 Å². The maximum absolute atomic E-state index is 11.5. The number of nitrogens with one attached hydrogen (secondary N) is 3. The van der Waals surface area contributed by atoms with Crippen molar-refractivity contribution in [3.05, 3.63) is 40.7 Å². The van der Waals surface area contributed by atoms with Crippen molar-refractivity contribution < 1.29 is 4.79 Å². The van der Waals surface area contributed by atoms with Crippen LogP contribution in [0.2, 0.25) is 0 Å². The molecule has 2 aromatic rings. The summed E-state index contributed by atoms with van der Waals surface area (Å²) in [7, 11) is 0. The van der Waals surface area contributed by atoms with Crippen LogP contribution in [-0.2, 0) is 11.3 Å². The number of rotatable bonds is 5. The molecule has 0 aliphatic rings. The lowest BCUT2D eigenvalue weighted by Crippen LogP contribution is -2.11. The third-order valence-corrected chi connectivity index (χ3v) is 3.67. The molecule has 0 saturated carbocycles. The molecule has 0 atom stereocenters. The Balaban J connectivity index is 2.14. The maximum Gasteiger partial charge on any atom is 0.224 e. The highest BCUT2D eigenvalue weighted by atomic mass is 16.1. The lowest BCUT2D eigenvalue weighted by atomic mass is 10.1. The van der Waals surface area contributed by atoms with Crippen LogP contribution in [0.5, 0.6) is 0 Å². The molecule has 21 heavy (non-hydrogen) atoms. The molecular formula is C16H22N4O. The van der Waals surface area contributed by atoms with Crippen LogP contribution in [0.15, 0.2) is 18.2 Å². The molecule has 5 heteroatoms. The molecule has 0 saturated heterocycles. The van der Waals surface area contributed by atoms with Crippen LogP contribution in [0, 0.1) is 20.8 Å². The number of amides is 1. The monoisotopic (exact) mass is 286 g/mol. The van der Waals surface area contributed by atoms with E-state index >= 15 is 0 Å². The molecule has 0 unspecified atom stereocenters. The van der Waals surface area contributed by atoms with Crippen molar-refractivity contribution in [1.29, 1.82) is 0 Å². The molecule has 112 valence electrons. The van der Waals surface area contributed by atoms with Crippen molar-refractivity contribution in [2.75, 3.05) is 10.6 Å². The first kappa shape index (κ1) is 15.1. The fourth-order valence-electron chi connectivity index (χ4n) is 2.22. The average Bonchev–Trinajstić information content (AvgIpc) is 2.79. The molecular weight excluding hydrogens is 264 g/mol. The first-order chi connectivity index (χ1) is 10.0. The number of nitrogens with zero attached hydrogens (tertiary/aromatic N) is 1. The van der Waals surface area contributed by atoms with Crippen LogP contribution >= 0.6 is 0 Å². The average molecular weight is 286 g/mol. The summed E-state index contributed by atoms with van der Waals surface area (Å²) >= 11 is 0. The Labute approximate surface area is 125 Å². The number of anilines is 2. The normalized spacial score (nSPS) is 10.5. The first-order valence-electron chi connectivity index (χ1n) is 7.16. The summed E-state index contributed by atoms with van der Waals surface area (Å²) in [6.45, 7) is 8.56. The molecule has 0 radical (unpaired) electrons. The number of hydrogen-bond acceptors (Lipinski definition) is 3. The summed E-state index contributed by atoms with van der Waals surface area (Å²) in [4.78, 5) is 11.5. The van der Waals surface area contributed by atoms with E-state index < -0.39 is 0 Å². The van der Waals surface area contributed by atoms with Gasteiger partial charge in [0.2, 0.25) is 5.91 Å². The summed E-state index contributed by atoms with van der Waals surface area (Å²) in [6.07, 6.45) is 0.477. The first-order valence-corrected chi connectivity index (χ1v) is 7.16. The molecule has 1 aromatic heterocycles. The van der Waals surface area contributed by atoms with Gasteiger partial charge in [0.25, 0.3) is 0 Å². The highest BCUT2D eigenvalue weighted by Crippen LogP contribution is 2.24. The number of benzene rings is 1. The van der Waals surface area contributed by atoms with Crippen molar-refractivity contribution in [2.24, 2.45) is 0 Å². The van der Waals surface area contributed by atoms with Gasteiger partial charge in [0, 0.05) is 35.6 Å². The summed E-state index contributed by atoms with van der Waals surface area (Å²) in [5.41, 5.74) is 6.17. The van der Waals surface area contributed by atoms with E-state index in [-0.39, 0.29) is 5.91 Å². The number of carbonyl (C=O) groups is 1. The lowest BCUT2D eigenvalue weighted by molar-refractivity contribution is -0.115. The Morgan fingerprint density at radius 2 is 1.95 bits per heavy atom. The Morgan fingerprint density at radius 1 is 1.24 bits per heavy atom. The minimum Gasteiger partial charge on any atom is -0.381 e. The number of aryl methyl sites for hydroxylation is 2. The Hall–Kier alpha value is -2.30. The van der Waals surface area contributed by atoms with E-state index in [0.717, 1.165) is 28.3 Å². The van der Waals surface area contributed by atoms with Crippen molar-refractivity contribution >= 4 is 17.3 Å².